The van der Waals surface area contributed by atoms with Gasteiger partial charge >= 0.3 is 6.03 Å². The van der Waals surface area contributed by atoms with E-state index in [0.717, 1.165) is 4.47 Å². The SMILES string of the molecule is CCNC(=O)N1Cc2cccc(Br)c2C1. The van der Waals surface area contributed by atoms with Gasteiger partial charge in [0, 0.05) is 24.1 Å². The van der Waals surface area contributed by atoms with Gasteiger partial charge in [-0.15, -0.1) is 0 Å². The van der Waals surface area contributed by atoms with Crippen molar-refractivity contribution in [2.75, 3.05) is 6.54 Å². The van der Waals surface area contributed by atoms with E-state index in [1.165, 1.54) is 11.1 Å². The van der Waals surface area contributed by atoms with Gasteiger partial charge in [0.2, 0.25) is 0 Å². The molecule has 0 saturated carbocycles. The molecule has 15 heavy (non-hydrogen) atoms. The Labute approximate surface area is 97.6 Å². The minimum atomic E-state index is 0.0144. The molecule has 0 atom stereocenters. The molecule has 2 rings (SSSR count). The molecule has 0 aromatic heterocycles. The van der Waals surface area contributed by atoms with Crippen LogP contribution in [0.1, 0.15) is 18.1 Å². The van der Waals surface area contributed by atoms with E-state index < -0.39 is 0 Å². The number of amides is 2. The van der Waals surface area contributed by atoms with Crippen molar-refractivity contribution in [1.29, 1.82) is 0 Å². The van der Waals surface area contributed by atoms with E-state index in [0.29, 0.717) is 19.6 Å². The molecule has 2 amide bonds. The molecule has 80 valence electrons. The smallest absolute Gasteiger partial charge is 0.317 e. The fourth-order valence-electron chi connectivity index (χ4n) is 1.79. The Morgan fingerprint density at radius 1 is 1.53 bits per heavy atom. The van der Waals surface area contributed by atoms with E-state index in [1.807, 2.05) is 24.0 Å². The molecule has 0 saturated heterocycles. The van der Waals surface area contributed by atoms with E-state index in [1.54, 1.807) is 0 Å². The molecule has 0 fully saturated rings. The zero-order chi connectivity index (χ0) is 10.8. The Bertz CT molecular complexity index is 392. The number of hydrogen-bond donors (Lipinski definition) is 1. The first-order chi connectivity index (χ1) is 7.22. The predicted molar refractivity (Wildman–Crippen MR) is 62.5 cm³/mol. The summed E-state index contributed by atoms with van der Waals surface area (Å²) in [4.78, 5) is 13.4. The van der Waals surface area contributed by atoms with Crippen LogP contribution in [0.5, 0.6) is 0 Å². The second-order valence-electron chi connectivity index (χ2n) is 3.57. The third-order valence-corrected chi connectivity index (χ3v) is 3.28. The molecule has 1 aliphatic rings. The Balaban J connectivity index is 2.15. The molecular formula is C11H13BrN2O. The summed E-state index contributed by atoms with van der Waals surface area (Å²) < 4.78 is 1.09. The second-order valence-corrected chi connectivity index (χ2v) is 4.42. The Kier molecular flexibility index (Phi) is 2.95. The molecule has 1 heterocycles. The first kappa shape index (κ1) is 10.5. The molecule has 4 heteroatoms. The van der Waals surface area contributed by atoms with Crippen LogP contribution < -0.4 is 5.32 Å². The average Bonchev–Trinajstić information content (AvgIpc) is 2.63. The molecule has 1 N–H and O–H groups in total. The van der Waals surface area contributed by atoms with E-state index >= 15 is 0 Å². The third kappa shape index (κ3) is 2.00. The summed E-state index contributed by atoms with van der Waals surface area (Å²) >= 11 is 3.50. The zero-order valence-electron chi connectivity index (χ0n) is 8.59. The lowest BCUT2D eigenvalue weighted by atomic mass is 10.1. The summed E-state index contributed by atoms with van der Waals surface area (Å²) in [6.45, 7) is 4.01. The Morgan fingerprint density at radius 2 is 2.33 bits per heavy atom. The number of fused-ring (bicyclic) bond motifs is 1. The summed E-state index contributed by atoms with van der Waals surface area (Å²) in [5, 5.41) is 2.81. The summed E-state index contributed by atoms with van der Waals surface area (Å²) in [7, 11) is 0. The highest BCUT2D eigenvalue weighted by atomic mass is 79.9. The summed E-state index contributed by atoms with van der Waals surface area (Å²) in [5.41, 5.74) is 2.46. The van der Waals surface area contributed by atoms with Crippen molar-refractivity contribution in [1.82, 2.24) is 10.2 Å². The van der Waals surface area contributed by atoms with Crippen LogP contribution in [0.15, 0.2) is 22.7 Å². The number of hydrogen-bond acceptors (Lipinski definition) is 1. The normalized spacial score (nSPS) is 13.9. The summed E-state index contributed by atoms with van der Waals surface area (Å²) in [5.74, 6) is 0. The van der Waals surface area contributed by atoms with E-state index in [4.69, 9.17) is 0 Å². The van der Waals surface area contributed by atoms with Gasteiger partial charge in [0.25, 0.3) is 0 Å². The van der Waals surface area contributed by atoms with Crippen LogP contribution in [0.3, 0.4) is 0 Å². The maximum absolute atomic E-state index is 11.6. The number of halogens is 1. The molecule has 1 aromatic rings. The van der Waals surface area contributed by atoms with E-state index in [-0.39, 0.29) is 6.03 Å². The number of benzene rings is 1. The van der Waals surface area contributed by atoms with Crippen molar-refractivity contribution >= 4 is 22.0 Å². The van der Waals surface area contributed by atoms with Crippen LogP contribution in [-0.4, -0.2) is 17.5 Å². The van der Waals surface area contributed by atoms with Gasteiger partial charge in [-0.3, -0.25) is 0 Å². The monoisotopic (exact) mass is 268 g/mol. The van der Waals surface area contributed by atoms with Crippen LogP contribution in [0.25, 0.3) is 0 Å². The van der Waals surface area contributed by atoms with Crippen molar-refractivity contribution in [3.8, 4) is 0 Å². The lowest BCUT2D eigenvalue weighted by molar-refractivity contribution is 0.199. The minimum absolute atomic E-state index is 0.0144. The number of carbonyl (C=O) groups is 1. The topological polar surface area (TPSA) is 32.3 Å². The van der Waals surface area contributed by atoms with Gasteiger partial charge in [0.1, 0.15) is 0 Å². The van der Waals surface area contributed by atoms with Crippen LogP contribution in [0.2, 0.25) is 0 Å². The molecule has 0 unspecified atom stereocenters. The number of nitrogens with one attached hydrogen (secondary N) is 1. The maximum Gasteiger partial charge on any atom is 0.317 e. The fourth-order valence-corrected chi connectivity index (χ4v) is 2.32. The van der Waals surface area contributed by atoms with Crippen LogP contribution in [0.4, 0.5) is 4.79 Å². The predicted octanol–water partition coefficient (Wildman–Crippen LogP) is 2.49. The third-order valence-electron chi connectivity index (χ3n) is 2.54. The van der Waals surface area contributed by atoms with Gasteiger partial charge < -0.3 is 10.2 Å². The molecule has 0 aliphatic carbocycles. The molecule has 0 bridgehead atoms. The van der Waals surface area contributed by atoms with Crippen molar-refractivity contribution in [2.24, 2.45) is 0 Å². The molecule has 3 nitrogen and oxygen atoms in total. The molecule has 0 radical (unpaired) electrons. The van der Waals surface area contributed by atoms with Crippen LogP contribution >= 0.6 is 15.9 Å². The Morgan fingerprint density at radius 3 is 3.00 bits per heavy atom. The standard InChI is InChI=1S/C11H13BrN2O/c1-2-13-11(15)14-6-8-4-3-5-10(12)9(8)7-14/h3-5H,2,6-7H2,1H3,(H,13,15). The summed E-state index contributed by atoms with van der Waals surface area (Å²) in [6.07, 6.45) is 0. The average molecular weight is 269 g/mol. The van der Waals surface area contributed by atoms with Gasteiger partial charge in [-0.05, 0) is 24.1 Å². The Hall–Kier alpha value is -1.03. The lowest BCUT2D eigenvalue weighted by Gasteiger charge is -2.15. The second kappa shape index (κ2) is 4.23. The van der Waals surface area contributed by atoms with Gasteiger partial charge in [-0.25, -0.2) is 4.79 Å². The van der Waals surface area contributed by atoms with E-state index in [2.05, 4.69) is 27.3 Å². The van der Waals surface area contributed by atoms with Gasteiger partial charge in [0.15, 0.2) is 0 Å². The van der Waals surface area contributed by atoms with Crippen LogP contribution in [0, 0.1) is 0 Å². The number of rotatable bonds is 1. The lowest BCUT2D eigenvalue weighted by Crippen LogP contribution is -2.36. The zero-order valence-corrected chi connectivity index (χ0v) is 10.2. The maximum atomic E-state index is 11.6. The highest BCUT2D eigenvalue weighted by molar-refractivity contribution is 9.10. The van der Waals surface area contributed by atoms with Crippen molar-refractivity contribution in [2.45, 2.75) is 20.0 Å². The number of carbonyl (C=O) groups excluding carboxylic acids is 1. The molecular weight excluding hydrogens is 256 g/mol. The van der Waals surface area contributed by atoms with Crippen LogP contribution in [-0.2, 0) is 13.1 Å². The van der Waals surface area contributed by atoms with Crippen molar-refractivity contribution < 1.29 is 4.79 Å². The molecule has 1 aromatic carbocycles. The van der Waals surface area contributed by atoms with E-state index in [9.17, 15) is 4.79 Å². The largest absolute Gasteiger partial charge is 0.338 e. The fraction of sp³-hybridized carbons (Fsp3) is 0.364. The first-order valence-electron chi connectivity index (χ1n) is 5.01. The van der Waals surface area contributed by atoms with Gasteiger partial charge in [-0.2, -0.15) is 0 Å². The molecule has 0 spiro atoms. The minimum Gasteiger partial charge on any atom is -0.338 e. The highest BCUT2D eigenvalue weighted by Gasteiger charge is 2.23. The number of nitrogens with zero attached hydrogens (tertiary/aromatic N) is 1. The van der Waals surface area contributed by atoms with Crippen molar-refractivity contribution in [3.05, 3.63) is 33.8 Å². The van der Waals surface area contributed by atoms with Crippen molar-refractivity contribution in [3.63, 3.8) is 0 Å². The van der Waals surface area contributed by atoms with Gasteiger partial charge in [-0.1, -0.05) is 28.1 Å². The first-order valence-corrected chi connectivity index (χ1v) is 5.80. The molecule has 1 aliphatic heterocycles. The highest BCUT2D eigenvalue weighted by Crippen LogP contribution is 2.29. The number of urea groups is 1. The van der Waals surface area contributed by atoms with Gasteiger partial charge in [0.05, 0.1) is 0 Å². The quantitative estimate of drug-likeness (QED) is 0.834. The summed E-state index contributed by atoms with van der Waals surface area (Å²) in [6, 6.07) is 6.10.